The van der Waals surface area contributed by atoms with Crippen LogP contribution in [0.25, 0.3) is 0 Å². The van der Waals surface area contributed by atoms with E-state index in [2.05, 4.69) is 5.32 Å². The summed E-state index contributed by atoms with van der Waals surface area (Å²) in [6.45, 7) is 0.441. The molecule has 0 spiro atoms. The molecule has 0 radical (unpaired) electrons. The van der Waals surface area contributed by atoms with Crippen LogP contribution in [0.15, 0.2) is 27.8 Å². The third-order valence-corrected chi connectivity index (χ3v) is 8.60. The fourth-order valence-corrected chi connectivity index (χ4v) is 6.77. The topological polar surface area (TPSA) is 92.8 Å². The minimum atomic E-state index is -3.68. The molecule has 11 heteroatoms. The Bertz CT molecular complexity index is 953. The van der Waals surface area contributed by atoms with E-state index >= 15 is 0 Å². The van der Waals surface area contributed by atoms with Crippen LogP contribution in [0.4, 0.5) is 5.00 Å². The van der Waals surface area contributed by atoms with Gasteiger partial charge in [0, 0.05) is 13.1 Å². The van der Waals surface area contributed by atoms with E-state index in [1.165, 1.54) is 28.8 Å². The number of amides is 1. The molecule has 1 aliphatic heterocycles. The number of anilines is 1. The van der Waals surface area contributed by atoms with E-state index in [0.717, 1.165) is 11.3 Å². The van der Waals surface area contributed by atoms with Crippen molar-refractivity contribution in [3.05, 3.63) is 33.5 Å². The Morgan fingerprint density at radius 1 is 1.33 bits per heavy atom. The van der Waals surface area contributed by atoms with Gasteiger partial charge in [0.05, 0.1) is 22.9 Å². The quantitative estimate of drug-likeness (QED) is 0.708. The van der Waals surface area contributed by atoms with E-state index in [1.54, 1.807) is 17.5 Å². The fourth-order valence-electron chi connectivity index (χ4n) is 2.83. The largest absolute Gasteiger partial charge is 0.465 e. The molecule has 0 saturated carbocycles. The molecule has 3 heterocycles. The molecular formula is C16H17ClN2O5S3. The molecule has 0 aliphatic carbocycles. The van der Waals surface area contributed by atoms with Crippen molar-refractivity contribution in [3.8, 4) is 0 Å². The van der Waals surface area contributed by atoms with Crippen molar-refractivity contribution in [2.75, 3.05) is 25.5 Å². The molecule has 146 valence electrons. The Labute approximate surface area is 169 Å². The number of nitrogens with zero attached hydrogens (tertiary/aromatic N) is 1. The van der Waals surface area contributed by atoms with E-state index in [1.807, 2.05) is 0 Å². The molecule has 1 fully saturated rings. The van der Waals surface area contributed by atoms with Crippen molar-refractivity contribution in [3.63, 3.8) is 0 Å². The molecule has 2 aromatic rings. The van der Waals surface area contributed by atoms with Crippen molar-refractivity contribution in [1.82, 2.24) is 4.31 Å². The maximum Gasteiger partial charge on any atom is 0.340 e. The van der Waals surface area contributed by atoms with Gasteiger partial charge in [-0.3, -0.25) is 4.79 Å². The SMILES string of the molecule is COC(=O)c1ccsc1NC(=O)C1CCCN(S(=O)(=O)c2ccc(Cl)s2)C1. The Morgan fingerprint density at radius 3 is 2.78 bits per heavy atom. The Balaban J connectivity index is 1.72. The number of ether oxygens (including phenoxy) is 1. The zero-order chi connectivity index (χ0) is 19.6. The summed E-state index contributed by atoms with van der Waals surface area (Å²) in [5.74, 6) is -1.35. The molecule has 27 heavy (non-hydrogen) atoms. The summed E-state index contributed by atoms with van der Waals surface area (Å²) in [5.41, 5.74) is 0.282. The number of hydrogen-bond donors (Lipinski definition) is 1. The standard InChI is InChI=1S/C16H17ClN2O5S3/c1-24-16(21)11-6-8-25-15(11)18-14(20)10-3-2-7-19(9-10)27(22,23)13-5-4-12(17)26-13/h4-6,8,10H,2-3,7,9H2,1H3,(H,18,20). The zero-order valence-corrected chi connectivity index (χ0v) is 17.5. The van der Waals surface area contributed by atoms with Gasteiger partial charge < -0.3 is 10.1 Å². The highest BCUT2D eigenvalue weighted by Gasteiger charge is 2.34. The molecule has 0 aromatic carbocycles. The van der Waals surface area contributed by atoms with Crippen LogP contribution in [0, 0.1) is 5.92 Å². The molecule has 2 aromatic heterocycles. The average Bonchev–Trinajstić information content (AvgIpc) is 3.30. The first-order valence-electron chi connectivity index (χ1n) is 8.05. The minimum Gasteiger partial charge on any atom is -0.465 e. The lowest BCUT2D eigenvalue weighted by Gasteiger charge is -2.30. The maximum atomic E-state index is 12.8. The van der Waals surface area contributed by atoms with Crippen molar-refractivity contribution in [1.29, 1.82) is 0 Å². The predicted octanol–water partition coefficient (Wildman–Crippen LogP) is 3.29. The second-order valence-corrected chi connectivity index (χ2v) is 10.7. The summed E-state index contributed by atoms with van der Waals surface area (Å²) in [7, 11) is -2.41. The Hall–Kier alpha value is -1.46. The number of piperidine rings is 1. The van der Waals surface area contributed by atoms with Crippen LogP contribution in [-0.2, 0) is 19.6 Å². The van der Waals surface area contributed by atoms with E-state index in [9.17, 15) is 18.0 Å². The molecule has 1 aliphatic rings. The van der Waals surface area contributed by atoms with E-state index in [-0.39, 0.29) is 22.2 Å². The van der Waals surface area contributed by atoms with Crippen LogP contribution in [0.3, 0.4) is 0 Å². The van der Waals surface area contributed by atoms with Gasteiger partial charge in [0.1, 0.15) is 9.21 Å². The predicted molar refractivity (Wildman–Crippen MR) is 105 cm³/mol. The second kappa shape index (κ2) is 8.27. The van der Waals surface area contributed by atoms with Crippen LogP contribution in [-0.4, -0.2) is 44.8 Å². The van der Waals surface area contributed by atoms with E-state index in [0.29, 0.717) is 28.7 Å². The van der Waals surface area contributed by atoms with Crippen LogP contribution < -0.4 is 5.32 Å². The van der Waals surface area contributed by atoms with Gasteiger partial charge >= 0.3 is 5.97 Å². The lowest BCUT2D eigenvalue weighted by Crippen LogP contribution is -2.43. The number of rotatable bonds is 5. The fraction of sp³-hybridized carbons (Fsp3) is 0.375. The summed E-state index contributed by atoms with van der Waals surface area (Å²) in [6.07, 6.45) is 1.15. The average molecular weight is 449 g/mol. The van der Waals surface area contributed by atoms with Crippen molar-refractivity contribution >= 4 is 61.2 Å². The number of halogens is 1. The van der Waals surface area contributed by atoms with Gasteiger partial charge in [0.25, 0.3) is 10.0 Å². The first-order valence-corrected chi connectivity index (χ1v) is 11.6. The molecule has 0 bridgehead atoms. The van der Waals surface area contributed by atoms with Gasteiger partial charge in [0.2, 0.25) is 5.91 Å². The summed E-state index contributed by atoms with van der Waals surface area (Å²) < 4.78 is 32.1. The zero-order valence-electron chi connectivity index (χ0n) is 14.3. The molecule has 3 rings (SSSR count). The lowest BCUT2D eigenvalue weighted by atomic mass is 9.99. The summed E-state index contributed by atoms with van der Waals surface area (Å²) in [5, 5.41) is 4.81. The van der Waals surface area contributed by atoms with Crippen LogP contribution in [0.1, 0.15) is 23.2 Å². The van der Waals surface area contributed by atoms with Crippen LogP contribution >= 0.6 is 34.3 Å². The highest BCUT2D eigenvalue weighted by Crippen LogP contribution is 2.31. The lowest BCUT2D eigenvalue weighted by molar-refractivity contribution is -0.120. The molecule has 1 amide bonds. The molecule has 7 nitrogen and oxygen atoms in total. The minimum absolute atomic E-state index is 0.0859. The number of hydrogen-bond acceptors (Lipinski definition) is 7. The van der Waals surface area contributed by atoms with Gasteiger partial charge in [-0.15, -0.1) is 22.7 Å². The van der Waals surface area contributed by atoms with Gasteiger partial charge in [0.15, 0.2) is 0 Å². The number of carbonyl (C=O) groups excluding carboxylic acids is 2. The number of methoxy groups -OCH3 is 1. The number of carbonyl (C=O) groups is 2. The Kier molecular flexibility index (Phi) is 6.21. The molecule has 1 unspecified atom stereocenters. The van der Waals surface area contributed by atoms with Gasteiger partial charge in [-0.05, 0) is 36.4 Å². The number of esters is 1. The van der Waals surface area contributed by atoms with E-state index in [4.69, 9.17) is 16.3 Å². The van der Waals surface area contributed by atoms with Crippen molar-refractivity contribution in [2.24, 2.45) is 5.92 Å². The second-order valence-electron chi connectivity index (χ2n) is 5.90. The number of thiophene rings is 2. The van der Waals surface area contributed by atoms with Crippen LogP contribution in [0.2, 0.25) is 4.34 Å². The number of sulfonamides is 1. The first kappa shape index (κ1) is 20.3. The monoisotopic (exact) mass is 448 g/mol. The van der Waals surface area contributed by atoms with E-state index < -0.39 is 21.9 Å². The molecule has 1 saturated heterocycles. The van der Waals surface area contributed by atoms with Gasteiger partial charge in [-0.2, -0.15) is 4.31 Å². The van der Waals surface area contributed by atoms with Gasteiger partial charge in [-0.1, -0.05) is 11.6 Å². The molecule has 1 atom stereocenters. The molecule has 1 N–H and O–H groups in total. The highest BCUT2D eigenvalue weighted by molar-refractivity contribution is 7.91. The summed E-state index contributed by atoms with van der Waals surface area (Å²) >= 11 is 8.06. The third kappa shape index (κ3) is 4.35. The van der Waals surface area contributed by atoms with Crippen LogP contribution in [0.5, 0.6) is 0 Å². The number of nitrogens with one attached hydrogen (secondary N) is 1. The summed E-state index contributed by atoms with van der Waals surface area (Å²) in [4.78, 5) is 24.4. The maximum absolute atomic E-state index is 12.8. The van der Waals surface area contributed by atoms with Gasteiger partial charge in [-0.25, -0.2) is 13.2 Å². The summed E-state index contributed by atoms with van der Waals surface area (Å²) in [6, 6.07) is 4.59. The first-order chi connectivity index (χ1) is 12.8. The highest BCUT2D eigenvalue weighted by atomic mass is 35.5. The normalized spacial score (nSPS) is 18.2. The van der Waals surface area contributed by atoms with Crippen molar-refractivity contribution in [2.45, 2.75) is 17.1 Å². The van der Waals surface area contributed by atoms with Crippen molar-refractivity contribution < 1.29 is 22.7 Å². The Morgan fingerprint density at radius 2 is 2.11 bits per heavy atom. The smallest absolute Gasteiger partial charge is 0.340 e. The molecular weight excluding hydrogens is 432 g/mol. The third-order valence-electron chi connectivity index (χ3n) is 4.20.